The summed E-state index contributed by atoms with van der Waals surface area (Å²) in [5.41, 5.74) is 2.43. The zero-order chi connectivity index (χ0) is 15.9. The maximum absolute atomic E-state index is 12.1. The first-order valence-corrected chi connectivity index (χ1v) is 7.67. The van der Waals surface area contributed by atoms with Gasteiger partial charge in [0.15, 0.2) is 0 Å². The van der Waals surface area contributed by atoms with Crippen molar-refractivity contribution in [3.8, 4) is 0 Å². The van der Waals surface area contributed by atoms with E-state index < -0.39 is 0 Å². The summed E-state index contributed by atoms with van der Waals surface area (Å²) < 4.78 is 5.28. The van der Waals surface area contributed by atoms with Crippen molar-refractivity contribution in [1.29, 1.82) is 0 Å². The molecule has 1 atom stereocenters. The lowest BCUT2D eigenvalue weighted by atomic mass is 10.1. The number of nitrogens with zero attached hydrogens (tertiary/aromatic N) is 1. The Hall–Kier alpha value is -2.07. The van der Waals surface area contributed by atoms with Crippen LogP contribution in [0.4, 0.5) is 0 Å². The predicted octanol–water partition coefficient (Wildman–Crippen LogP) is 3.15. The van der Waals surface area contributed by atoms with Gasteiger partial charge in [-0.1, -0.05) is 31.2 Å². The molecule has 0 spiro atoms. The van der Waals surface area contributed by atoms with Crippen LogP contribution in [0.1, 0.15) is 36.8 Å². The molecule has 4 heteroatoms. The second-order valence-electron chi connectivity index (χ2n) is 5.64. The van der Waals surface area contributed by atoms with Crippen LogP contribution in [0.15, 0.2) is 47.1 Å². The number of nitrogens with one attached hydrogen (secondary N) is 1. The summed E-state index contributed by atoms with van der Waals surface area (Å²) in [5, 5.41) is 3.03. The van der Waals surface area contributed by atoms with Crippen molar-refractivity contribution in [1.82, 2.24) is 10.2 Å². The van der Waals surface area contributed by atoms with E-state index in [4.69, 9.17) is 4.42 Å². The Bertz CT molecular complexity index is 576. The molecule has 0 unspecified atom stereocenters. The molecule has 1 amide bonds. The molecule has 118 valence electrons. The van der Waals surface area contributed by atoms with E-state index in [2.05, 4.69) is 36.5 Å². The van der Waals surface area contributed by atoms with Gasteiger partial charge in [0.1, 0.15) is 5.76 Å². The van der Waals surface area contributed by atoms with Crippen LogP contribution < -0.4 is 5.32 Å². The van der Waals surface area contributed by atoms with E-state index in [-0.39, 0.29) is 11.9 Å². The van der Waals surface area contributed by atoms with Gasteiger partial charge in [0, 0.05) is 0 Å². The standard InChI is InChI=1S/C18H24N2O2/c1-4-15-7-9-16(10-8-15)14(2)19-18(21)13-20(3)12-17-6-5-11-22-17/h5-11,14H,4,12-13H2,1-3H3,(H,19,21)/t14-/m1/s1. The average Bonchev–Trinajstić information content (AvgIpc) is 2.99. The van der Waals surface area contributed by atoms with Crippen molar-refractivity contribution in [3.63, 3.8) is 0 Å². The molecule has 2 aromatic rings. The van der Waals surface area contributed by atoms with Gasteiger partial charge in [-0.2, -0.15) is 0 Å². The van der Waals surface area contributed by atoms with E-state index >= 15 is 0 Å². The smallest absolute Gasteiger partial charge is 0.234 e. The molecule has 4 nitrogen and oxygen atoms in total. The minimum absolute atomic E-state index is 0.00965. The fourth-order valence-electron chi connectivity index (χ4n) is 2.38. The van der Waals surface area contributed by atoms with Gasteiger partial charge in [0.05, 0.1) is 25.4 Å². The molecule has 1 heterocycles. The van der Waals surface area contributed by atoms with Crippen LogP contribution in [0.3, 0.4) is 0 Å². The van der Waals surface area contributed by atoms with Gasteiger partial charge in [-0.15, -0.1) is 0 Å². The molecule has 1 aromatic carbocycles. The summed E-state index contributed by atoms with van der Waals surface area (Å²) in [7, 11) is 1.91. The van der Waals surface area contributed by atoms with Gasteiger partial charge in [-0.3, -0.25) is 9.69 Å². The Morgan fingerprint density at radius 3 is 2.59 bits per heavy atom. The van der Waals surface area contributed by atoms with E-state index in [0.717, 1.165) is 17.7 Å². The monoisotopic (exact) mass is 300 g/mol. The number of rotatable bonds is 7. The summed E-state index contributed by atoms with van der Waals surface area (Å²) in [4.78, 5) is 14.0. The van der Waals surface area contributed by atoms with Gasteiger partial charge in [-0.05, 0) is 43.7 Å². The van der Waals surface area contributed by atoms with Crippen molar-refractivity contribution in [2.75, 3.05) is 13.6 Å². The summed E-state index contributed by atoms with van der Waals surface area (Å²) in [5.74, 6) is 0.875. The van der Waals surface area contributed by atoms with Crippen LogP contribution in [-0.4, -0.2) is 24.4 Å². The molecule has 0 saturated carbocycles. The minimum atomic E-state index is 0.00965. The Kier molecular flexibility index (Phi) is 5.78. The van der Waals surface area contributed by atoms with E-state index in [1.165, 1.54) is 5.56 Å². The van der Waals surface area contributed by atoms with Crippen LogP contribution in [0.5, 0.6) is 0 Å². The van der Waals surface area contributed by atoms with Crippen molar-refractivity contribution in [3.05, 3.63) is 59.5 Å². The molecule has 0 fully saturated rings. The largest absolute Gasteiger partial charge is 0.468 e. The van der Waals surface area contributed by atoms with E-state index in [0.29, 0.717) is 13.1 Å². The van der Waals surface area contributed by atoms with Crippen LogP contribution in [0.25, 0.3) is 0 Å². The summed E-state index contributed by atoms with van der Waals surface area (Å²) >= 11 is 0. The number of likely N-dealkylation sites (N-methyl/N-ethyl adjacent to an activating group) is 1. The van der Waals surface area contributed by atoms with Gasteiger partial charge in [-0.25, -0.2) is 0 Å². The maximum Gasteiger partial charge on any atom is 0.234 e. The van der Waals surface area contributed by atoms with Crippen LogP contribution in [0.2, 0.25) is 0 Å². The number of hydrogen-bond acceptors (Lipinski definition) is 3. The highest BCUT2D eigenvalue weighted by Gasteiger charge is 2.12. The number of hydrogen-bond donors (Lipinski definition) is 1. The topological polar surface area (TPSA) is 45.5 Å². The van der Waals surface area contributed by atoms with Crippen molar-refractivity contribution in [2.45, 2.75) is 32.9 Å². The molecule has 1 aromatic heterocycles. The van der Waals surface area contributed by atoms with Crippen LogP contribution in [-0.2, 0) is 17.8 Å². The molecule has 0 aliphatic rings. The van der Waals surface area contributed by atoms with Gasteiger partial charge < -0.3 is 9.73 Å². The Balaban J connectivity index is 1.82. The zero-order valence-corrected chi connectivity index (χ0v) is 13.5. The molecule has 0 bridgehead atoms. The Labute approximate surface area is 132 Å². The lowest BCUT2D eigenvalue weighted by Gasteiger charge is -2.18. The first-order valence-electron chi connectivity index (χ1n) is 7.67. The quantitative estimate of drug-likeness (QED) is 0.854. The van der Waals surface area contributed by atoms with Crippen LogP contribution in [0, 0.1) is 0 Å². The number of amides is 1. The van der Waals surface area contributed by atoms with E-state index in [9.17, 15) is 4.79 Å². The first kappa shape index (κ1) is 16.3. The summed E-state index contributed by atoms with van der Waals surface area (Å²) in [6.45, 7) is 5.11. The van der Waals surface area contributed by atoms with E-state index in [1.54, 1.807) is 6.26 Å². The predicted molar refractivity (Wildman–Crippen MR) is 87.4 cm³/mol. The summed E-state index contributed by atoms with van der Waals surface area (Å²) in [6, 6.07) is 12.2. The average molecular weight is 300 g/mol. The van der Waals surface area contributed by atoms with Crippen molar-refractivity contribution < 1.29 is 9.21 Å². The number of carbonyl (C=O) groups is 1. The van der Waals surface area contributed by atoms with Gasteiger partial charge >= 0.3 is 0 Å². The second-order valence-corrected chi connectivity index (χ2v) is 5.64. The Morgan fingerprint density at radius 2 is 2.00 bits per heavy atom. The first-order chi connectivity index (χ1) is 10.6. The third-order valence-corrected chi connectivity index (χ3v) is 3.68. The third-order valence-electron chi connectivity index (χ3n) is 3.68. The van der Waals surface area contributed by atoms with Gasteiger partial charge in [0.25, 0.3) is 0 Å². The fourth-order valence-corrected chi connectivity index (χ4v) is 2.38. The second kappa shape index (κ2) is 7.80. The molecule has 2 rings (SSSR count). The normalized spacial score (nSPS) is 12.4. The number of carbonyl (C=O) groups excluding carboxylic acids is 1. The van der Waals surface area contributed by atoms with Gasteiger partial charge in [0.2, 0.25) is 5.91 Å². The molecule has 0 saturated heterocycles. The fraction of sp³-hybridized carbons (Fsp3) is 0.389. The lowest BCUT2D eigenvalue weighted by Crippen LogP contribution is -2.36. The van der Waals surface area contributed by atoms with Crippen molar-refractivity contribution in [2.24, 2.45) is 0 Å². The highest BCUT2D eigenvalue weighted by molar-refractivity contribution is 5.78. The highest BCUT2D eigenvalue weighted by Crippen LogP contribution is 2.13. The summed E-state index contributed by atoms with van der Waals surface area (Å²) in [6.07, 6.45) is 2.67. The lowest BCUT2D eigenvalue weighted by molar-refractivity contribution is -0.122. The molecule has 1 N–H and O–H groups in total. The highest BCUT2D eigenvalue weighted by atomic mass is 16.3. The molecular formula is C18H24N2O2. The maximum atomic E-state index is 12.1. The number of aryl methyl sites for hydroxylation is 1. The molecular weight excluding hydrogens is 276 g/mol. The van der Waals surface area contributed by atoms with Crippen molar-refractivity contribution >= 4 is 5.91 Å². The molecule has 0 aliphatic heterocycles. The SMILES string of the molecule is CCc1ccc([C@@H](C)NC(=O)CN(C)Cc2ccco2)cc1. The van der Waals surface area contributed by atoms with E-state index in [1.807, 2.05) is 31.0 Å². The third kappa shape index (κ3) is 4.74. The Morgan fingerprint density at radius 1 is 1.27 bits per heavy atom. The van der Waals surface area contributed by atoms with Crippen LogP contribution >= 0.6 is 0 Å². The molecule has 0 radical (unpaired) electrons. The molecule has 0 aliphatic carbocycles. The number of benzene rings is 1. The molecule has 22 heavy (non-hydrogen) atoms. The number of furan rings is 1. The zero-order valence-electron chi connectivity index (χ0n) is 13.5. The minimum Gasteiger partial charge on any atom is -0.468 e.